The summed E-state index contributed by atoms with van der Waals surface area (Å²) in [5.41, 5.74) is 0.0788. The highest BCUT2D eigenvalue weighted by Gasteiger charge is 2.48. The standard InChI is InChI=1S/C16H20N2O2/c1-16(2)13(9-14(16)20-3)18-15-12-8-11(19)5-4-10(12)6-7-17-15/h4-8,13-14,19H,9H2,1-3H3,(H,17,18). The van der Waals surface area contributed by atoms with Crippen molar-refractivity contribution in [3.63, 3.8) is 0 Å². The maximum Gasteiger partial charge on any atom is 0.134 e. The number of aromatic nitrogens is 1. The lowest BCUT2D eigenvalue weighted by atomic mass is 9.64. The molecule has 1 aliphatic rings. The minimum Gasteiger partial charge on any atom is -0.508 e. The number of rotatable bonds is 3. The average Bonchev–Trinajstić information content (AvgIpc) is 2.43. The van der Waals surface area contributed by atoms with Crippen molar-refractivity contribution in [3.05, 3.63) is 30.5 Å². The van der Waals surface area contributed by atoms with Crippen molar-refractivity contribution in [1.29, 1.82) is 0 Å². The average molecular weight is 272 g/mol. The van der Waals surface area contributed by atoms with Crippen molar-refractivity contribution in [2.45, 2.75) is 32.4 Å². The monoisotopic (exact) mass is 272 g/mol. The van der Waals surface area contributed by atoms with E-state index in [1.165, 1.54) is 0 Å². The molecule has 0 bridgehead atoms. The van der Waals surface area contributed by atoms with E-state index in [1.54, 1.807) is 25.4 Å². The van der Waals surface area contributed by atoms with E-state index in [9.17, 15) is 5.11 Å². The third kappa shape index (κ3) is 2.00. The van der Waals surface area contributed by atoms with Crippen LogP contribution in [0.2, 0.25) is 0 Å². The maximum atomic E-state index is 9.67. The molecular weight excluding hydrogens is 252 g/mol. The Labute approximate surface area is 118 Å². The fourth-order valence-corrected chi connectivity index (χ4v) is 2.97. The van der Waals surface area contributed by atoms with Gasteiger partial charge in [0.05, 0.1) is 6.10 Å². The summed E-state index contributed by atoms with van der Waals surface area (Å²) in [5.74, 6) is 1.09. The number of hydrogen-bond donors (Lipinski definition) is 2. The van der Waals surface area contributed by atoms with Crippen LogP contribution in [0.4, 0.5) is 5.82 Å². The van der Waals surface area contributed by atoms with Crippen LogP contribution in [-0.2, 0) is 4.74 Å². The molecule has 0 aliphatic heterocycles. The number of nitrogens with one attached hydrogen (secondary N) is 1. The molecule has 0 spiro atoms. The van der Waals surface area contributed by atoms with E-state index in [4.69, 9.17) is 4.74 Å². The van der Waals surface area contributed by atoms with E-state index in [-0.39, 0.29) is 17.3 Å². The second-order valence-corrected chi connectivity index (χ2v) is 6.04. The van der Waals surface area contributed by atoms with Crippen LogP contribution in [0, 0.1) is 5.41 Å². The van der Waals surface area contributed by atoms with Crippen molar-refractivity contribution < 1.29 is 9.84 Å². The van der Waals surface area contributed by atoms with Crippen LogP contribution in [0.5, 0.6) is 5.75 Å². The summed E-state index contributed by atoms with van der Waals surface area (Å²) in [6.45, 7) is 4.40. The van der Waals surface area contributed by atoms with Gasteiger partial charge >= 0.3 is 0 Å². The van der Waals surface area contributed by atoms with Crippen molar-refractivity contribution in [2.75, 3.05) is 12.4 Å². The lowest BCUT2D eigenvalue weighted by Crippen LogP contribution is -2.57. The van der Waals surface area contributed by atoms with Crippen LogP contribution in [0.1, 0.15) is 20.3 Å². The Hall–Kier alpha value is -1.81. The lowest BCUT2D eigenvalue weighted by molar-refractivity contribution is -0.0795. The number of methoxy groups -OCH3 is 1. The predicted molar refractivity (Wildman–Crippen MR) is 80.0 cm³/mol. The molecule has 0 saturated heterocycles. The third-order valence-corrected chi connectivity index (χ3v) is 4.52. The van der Waals surface area contributed by atoms with Crippen LogP contribution in [-0.4, -0.2) is 29.3 Å². The van der Waals surface area contributed by atoms with E-state index in [0.29, 0.717) is 6.04 Å². The Morgan fingerprint density at radius 1 is 1.35 bits per heavy atom. The lowest BCUT2D eigenvalue weighted by Gasteiger charge is -2.51. The first-order valence-corrected chi connectivity index (χ1v) is 6.89. The second-order valence-electron chi connectivity index (χ2n) is 6.04. The van der Waals surface area contributed by atoms with Crippen LogP contribution in [0.15, 0.2) is 30.5 Å². The Kier molecular flexibility index (Phi) is 3.05. The van der Waals surface area contributed by atoms with Gasteiger partial charge in [0.25, 0.3) is 0 Å². The Bertz CT molecular complexity index is 639. The minimum absolute atomic E-state index is 0.0788. The first-order chi connectivity index (χ1) is 9.52. The molecule has 2 unspecified atom stereocenters. The number of nitrogens with zero attached hydrogens (tertiary/aromatic N) is 1. The normalized spacial score (nSPS) is 24.4. The molecule has 2 N–H and O–H groups in total. The predicted octanol–water partition coefficient (Wildman–Crippen LogP) is 3.17. The molecule has 1 saturated carbocycles. The zero-order valence-corrected chi connectivity index (χ0v) is 12.1. The number of fused-ring (bicyclic) bond motifs is 1. The third-order valence-electron chi connectivity index (χ3n) is 4.52. The first kappa shape index (κ1) is 13.2. The van der Waals surface area contributed by atoms with Crippen molar-refractivity contribution in [3.8, 4) is 5.75 Å². The Balaban J connectivity index is 1.91. The highest BCUT2D eigenvalue weighted by Crippen LogP contribution is 2.44. The summed E-state index contributed by atoms with van der Waals surface area (Å²) in [5, 5.41) is 15.2. The largest absolute Gasteiger partial charge is 0.508 e. The zero-order chi connectivity index (χ0) is 14.3. The van der Waals surface area contributed by atoms with E-state index >= 15 is 0 Å². The van der Waals surface area contributed by atoms with Crippen LogP contribution in [0.3, 0.4) is 0 Å². The molecule has 4 nitrogen and oxygen atoms in total. The minimum atomic E-state index is 0.0788. The van der Waals surface area contributed by atoms with Gasteiger partial charge < -0.3 is 15.2 Å². The van der Waals surface area contributed by atoms with Gasteiger partial charge in [-0.1, -0.05) is 19.9 Å². The Morgan fingerprint density at radius 3 is 2.85 bits per heavy atom. The van der Waals surface area contributed by atoms with Gasteiger partial charge in [0, 0.05) is 30.1 Å². The number of phenolic OH excluding ortho intramolecular Hbond substituents is 1. The van der Waals surface area contributed by atoms with Crippen molar-refractivity contribution >= 4 is 16.6 Å². The topological polar surface area (TPSA) is 54.4 Å². The molecule has 1 aromatic carbocycles. The maximum absolute atomic E-state index is 9.67. The molecule has 1 aliphatic carbocycles. The fraction of sp³-hybridized carbons (Fsp3) is 0.438. The first-order valence-electron chi connectivity index (χ1n) is 6.89. The molecule has 2 atom stereocenters. The van der Waals surface area contributed by atoms with E-state index in [1.807, 2.05) is 12.1 Å². The van der Waals surface area contributed by atoms with E-state index in [2.05, 4.69) is 24.1 Å². The number of phenols is 1. The molecule has 1 fully saturated rings. The Morgan fingerprint density at radius 2 is 2.15 bits per heavy atom. The molecule has 4 heteroatoms. The molecule has 0 radical (unpaired) electrons. The van der Waals surface area contributed by atoms with Gasteiger partial charge in [0.15, 0.2) is 0 Å². The number of aromatic hydroxyl groups is 1. The molecule has 0 amide bonds. The molecule has 20 heavy (non-hydrogen) atoms. The summed E-state index contributed by atoms with van der Waals surface area (Å²) >= 11 is 0. The number of anilines is 1. The highest BCUT2D eigenvalue weighted by molar-refractivity contribution is 5.92. The SMILES string of the molecule is COC1CC(Nc2nccc3ccc(O)cc23)C1(C)C. The molecule has 106 valence electrons. The fourth-order valence-electron chi connectivity index (χ4n) is 2.97. The number of hydrogen-bond acceptors (Lipinski definition) is 4. The summed E-state index contributed by atoms with van der Waals surface area (Å²) in [7, 11) is 1.76. The quantitative estimate of drug-likeness (QED) is 0.901. The number of ether oxygens (including phenoxy) is 1. The van der Waals surface area contributed by atoms with Gasteiger partial charge in [-0.25, -0.2) is 4.98 Å². The molecule has 1 aromatic heterocycles. The zero-order valence-electron chi connectivity index (χ0n) is 12.1. The molecule has 1 heterocycles. The molecular formula is C16H20N2O2. The summed E-state index contributed by atoms with van der Waals surface area (Å²) in [4.78, 5) is 4.42. The van der Waals surface area contributed by atoms with Gasteiger partial charge in [0.2, 0.25) is 0 Å². The van der Waals surface area contributed by atoms with Gasteiger partial charge in [-0.15, -0.1) is 0 Å². The van der Waals surface area contributed by atoms with Crippen molar-refractivity contribution in [1.82, 2.24) is 4.98 Å². The molecule has 3 rings (SSSR count). The summed E-state index contributed by atoms with van der Waals surface area (Å²) in [6.07, 6.45) is 3.05. The number of benzene rings is 1. The second kappa shape index (κ2) is 4.63. The molecule has 2 aromatic rings. The van der Waals surface area contributed by atoms with Crippen molar-refractivity contribution in [2.24, 2.45) is 5.41 Å². The number of pyridine rings is 1. The highest BCUT2D eigenvalue weighted by atomic mass is 16.5. The summed E-state index contributed by atoms with van der Waals surface area (Å²) < 4.78 is 5.48. The smallest absolute Gasteiger partial charge is 0.134 e. The van der Waals surface area contributed by atoms with Crippen LogP contribution < -0.4 is 5.32 Å². The van der Waals surface area contributed by atoms with Gasteiger partial charge in [0.1, 0.15) is 11.6 Å². The van der Waals surface area contributed by atoms with E-state index < -0.39 is 0 Å². The van der Waals surface area contributed by atoms with Crippen LogP contribution in [0.25, 0.3) is 10.8 Å². The van der Waals surface area contributed by atoms with Crippen LogP contribution >= 0.6 is 0 Å². The van der Waals surface area contributed by atoms with Gasteiger partial charge in [-0.3, -0.25) is 0 Å². The van der Waals surface area contributed by atoms with E-state index in [0.717, 1.165) is 23.0 Å². The van der Waals surface area contributed by atoms with Gasteiger partial charge in [-0.05, 0) is 30.0 Å². The van der Waals surface area contributed by atoms with Gasteiger partial charge in [-0.2, -0.15) is 0 Å². The summed E-state index contributed by atoms with van der Waals surface area (Å²) in [6, 6.07) is 7.63.